The van der Waals surface area contributed by atoms with Gasteiger partial charge in [0.25, 0.3) is 0 Å². The molecule has 0 saturated carbocycles. The quantitative estimate of drug-likeness (QED) is 0.572. The van der Waals surface area contributed by atoms with Crippen LogP contribution in [0.15, 0.2) is 53.0 Å². The summed E-state index contributed by atoms with van der Waals surface area (Å²) in [6.45, 7) is 2.83. The zero-order chi connectivity index (χ0) is 17.2. The summed E-state index contributed by atoms with van der Waals surface area (Å²) in [4.78, 5) is 11.8. The van der Waals surface area contributed by atoms with Gasteiger partial charge in [-0.3, -0.25) is 4.79 Å². The van der Waals surface area contributed by atoms with Crippen LogP contribution in [0.4, 0.5) is 0 Å². The maximum atomic E-state index is 11.8. The average Bonchev–Trinajstić information content (AvgIpc) is 2.58. The van der Waals surface area contributed by atoms with E-state index in [1.54, 1.807) is 11.8 Å². The summed E-state index contributed by atoms with van der Waals surface area (Å²) in [5.74, 6) is 3.39. The molecule has 0 radical (unpaired) electrons. The van der Waals surface area contributed by atoms with E-state index < -0.39 is 0 Å². The summed E-state index contributed by atoms with van der Waals surface area (Å²) in [5, 5.41) is 2.99. The first-order valence-electron chi connectivity index (χ1n) is 7.86. The second kappa shape index (κ2) is 10.9. The summed E-state index contributed by atoms with van der Waals surface area (Å²) < 4.78 is 1.10. The molecular weight excluding hydrogens is 402 g/mol. The summed E-state index contributed by atoms with van der Waals surface area (Å²) in [6, 6.07) is 16.7. The highest BCUT2D eigenvalue weighted by molar-refractivity contribution is 9.10. The molecule has 0 unspecified atom stereocenters. The van der Waals surface area contributed by atoms with Crippen molar-refractivity contribution in [1.29, 1.82) is 0 Å². The van der Waals surface area contributed by atoms with E-state index in [1.165, 1.54) is 16.7 Å². The second-order valence-corrected chi connectivity index (χ2v) is 8.42. The van der Waals surface area contributed by atoms with E-state index in [0.717, 1.165) is 28.3 Å². The van der Waals surface area contributed by atoms with Crippen LogP contribution < -0.4 is 5.32 Å². The number of rotatable bonds is 9. The lowest BCUT2D eigenvalue weighted by Crippen LogP contribution is -2.27. The standard InChI is InChI=1S/C19H22BrNOS2/c1-15-6-8-16(9-7-15)12-23-11-10-21-19(22)14-24-13-17-4-2-3-5-18(17)20/h2-9H,10-14H2,1H3,(H,21,22). The van der Waals surface area contributed by atoms with Crippen molar-refractivity contribution in [3.8, 4) is 0 Å². The Morgan fingerprint density at radius 3 is 2.54 bits per heavy atom. The van der Waals surface area contributed by atoms with Gasteiger partial charge in [0.1, 0.15) is 0 Å². The van der Waals surface area contributed by atoms with Gasteiger partial charge < -0.3 is 5.32 Å². The number of aryl methyl sites for hydroxylation is 1. The maximum Gasteiger partial charge on any atom is 0.230 e. The van der Waals surface area contributed by atoms with E-state index in [0.29, 0.717) is 5.75 Å². The van der Waals surface area contributed by atoms with Gasteiger partial charge in [0, 0.05) is 28.3 Å². The van der Waals surface area contributed by atoms with Gasteiger partial charge in [-0.05, 0) is 24.1 Å². The minimum Gasteiger partial charge on any atom is -0.355 e. The highest BCUT2D eigenvalue weighted by atomic mass is 79.9. The molecule has 0 saturated heterocycles. The van der Waals surface area contributed by atoms with Gasteiger partial charge in [0.2, 0.25) is 5.91 Å². The molecular formula is C19H22BrNOS2. The van der Waals surface area contributed by atoms with Crippen molar-refractivity contribution in [1.82, 2.24) is 5.32 Å². The van der Waals surface area contributed by atoms with Crippen molar-refractivity contribution < 1.29 is 4.79 Å². The first kappa shape index (κ1) is 19.4. The largest absolute Gasteiger partial charge is 0.355 e. The minimum atomic E-state index is 0.114. The molecule has 1 N–H and O–H groups in total. The van der Waals surface area contributed by atoms with Gasteiger partial charge in [0.05, 0.1) is 5.75 Å². The summed E-state index contributed by atoms with van der Waals surface area (Å²) in [5.41, 5.74) is 3.85. The smallest absolute Gasteiger partial charge is 0.230 e. The van der Waals surface area contributed by atoms with Crippen molar-refractivity contribution in [2.45, 2.75) is 18.4 Å². The molecule has 128 valence electrons. The molecule has 0 heterocycles. The molecule has 2 rings (SSSR count). The molecule has 0 spiro atoms. The van der Waals surface area contributed by atoms with E-state index in [4.69, 9.17) is 0 Å². The molecule has 5 heteroatoms. The molecule has 0 bridgehead atoms. The first-order valence-corrected chi connectivity index (χ1v) is 11.0. The van der Waals surface area contributed by atoms with Crippen LogP contribution in [0, 0.1) is 6.92 Å². The number of carbonyl (C=O) groups excluding carboxylic acids is 1. The number of benzene rings is 2. The molecule has 2 aromatic carbocycles. The number of amides is 1. The van der Waals surface area contributed by atoms with E-state index >= 15 is 0 Å². The van der Waals surface area contributed by atoms with Crippen molar-refractivity contribution in [2.24, 2.45) is 0 Å². The topological polar surface area (TPSA) is 29.1 Å². The first-order chi connectivity index (χ1) is 11.6. The predicted octanol–water partition coefficient (Wildman–Crippen LogP) is 5.04. The van der Waals surface area contributed by atoms with Gasteiger partial charge in [-0.2, -0.15) is 11.8 Å². The Morgan fingerprint density at radius 2 is 1.79 bits per heavy atom. The van der Waals surface area contributed by atoms with Crippen LogP contribution >= 0.6 is 39.5 Å². The average molecular weight is 424 g/mol. The van der Waals surface area contributed by atoms with Crippen LogP contribution in [0.2, 0.25) is 0 Å². The van der Waals surface area contributed by atoms with E-state index in [2.05, 4.69) is 58.5 Å². The lowest BCUT2D eigenvalue weighted by atomic mass is 10.2. The fourth-order valence-electron chi connectivity index (χ4n) is 2.06. The van der Waals surface area contributed by atoms with Crippen molar-refractivity contribution in [3.63, 3.8) is 0 Å². The molecule has 0 aliphatic carbocycles. The minimum absolute atomic E-state index is 0.114. The Kier molecular flexibility index (Phi) is 8.78. The third kappa shape index (κ3) is 7.32. The van der Waals surface area contributed by atoms with Crippen molar-refractivity contribution in [3.05, 3.63) is 69.7 Å². The molecule has 0 aromatic heterocycles. The Hall–Kier alpha value is -0.910. The maximum absolute atomic E-state index is 11.8. The van der Waals surface area contributed by atoms with Crippen LogP contribution in [0.1, 0.15) is 16.7 Å². The molecule has 0 fully saturated rings. The predicted molar refractivity (Wildman–Crippen MR) is 111 cm³/mol. The summed E-state index contributed by atoms with van der Waals surface area (Å²) in [6.07, 6.45) is 0. The third-order valence-corrected chi connectivity index (χ3v) is 6.19. The van der Waals surface area contributed by atoms with E-state index in [-0.39, 0.29) is 5.91 Å². The van der Waals surface area contributed by atoms with Gasteiger partial charge in [0.15, 0.2) is 0 Å². The van der Waals surface area contributed by atoms with Crippen molar-refractivity contribution >= 4 is 45.4 Å². The van der Waals surface area contributed by atoms with Gasteiger partial charge >= 0.3 is 0 Å². The Morgan fingerprint density at radius 1 is 1.04 bits per heavy atom. The number of halogens is 1. The highest BCUT2D eigenvalue weighted by Crippen LogP contribution is 2.21. The normalized spacial score (nSPS) is 10.6. The van der Waals surface area contributed by atoms with Crippen molar-refractivity contribution in [2.75, 3.05) is 18.1 Å². The number of hydrogen-bond acceptors (Lipinski definition) is 3. The second-order valence-electron chi connectivity index (χ2n) is 5.47. The van der Waals surface area contributed by atoms with Gasteiger partial charge in [-0.1, -0.05) is 64.0 Å². The molecule has 24 heavy (non-hydrogen) atoms. The summed E-state index contributed by atoms with van der Waals surface area (Å²) in [7, 11) is 0. The number of hydrogen-bond donors (Lipinski definition) is 1. The fourth-order valence-corrected chi connectivity index (χ4v) is 4.35. The Labute approximate surface area is 161 Å². The lowest BCUT2D eigenvalue weighted by molar-refractivity contribution is -0.118. The monoisotopic (exact) mass is 423 g/mol. The number of carbonyl (C=O) groups is 1. The van der Waals surface area contributed by atoms with Crippen LogP contribution in [-0.4, -0.2) is 24.0 Å². The lowest BCUT2D eigenvalue weighted by Gasteiger charge is -2.06. The van der Waals surface area contributed by atoms with Crippen LogP contribution in [0.25, 0.3) is 0 Å². The molecule has 1 amide bonds. The molecule has 0 atom stereocenters. The zero-order valence-corrected chi connectivity index (χ0v) is 17.0. The highest BCUT2D eigenvalue weighted by Gasteiger charge is 2.03. The molecule has 2 nitrogen and oxygen atoms in total. The number of nitrogens with one attached hydrogen (secondary N) is 1. The molecule has 0 aliphatic heterocycles. The Bertz CT molecular complexity index is 646. The molecule has 2 aromatic rings. The SMILES string of the molecule is Cc1ccc(CSCCNC(=O)CSCc2ccccc2Br)cc1. The van der Waals surface area contributed by atoms with Crippen LogP contribution in [0.3, 0.4) is 0 Å². The van der Waals surface area contributed by atoms with Gasteiger partial charge in [-0.25, -0.2) is 0 Å². The Balaban J connectivity index is 1.53. The van der Waals surface area contributed by atoms with Gasteiger partial charge in [-0.15, -0.1) is 11.8 Å². The van der Waals surface area contributed by atoms with E-state index in [1.807, 2.05) is 30.0 Å². The number of thioether (sulfide) groups is 2. The fraction of sp³-hybridized carbons (Fsp3) is 0.316. The van der Waals surface area contributed by atoms with E-state index in [9.17, 15) is 4.79 Å². The van der Waals surface area contributed by atoms with Crippen LogP contribution in [0.5, 0.6) is 0 Å². The zero-order valence-electron chi connectivity index (χ0n) is 13.8. The summed E-state index contributed by atoms with van der Waals surface area (Å²) >= 11 is 7.02. The van der Waals surface area contributed by atoms with Crippen LogP contribution in [-0.2, 0) is 16.3 Å². The molecule has 0 aliphatic rings. The third-order valence-electron chi connectivity index (χ3n) is 3.41.